The Hall–Kier alpha value is -2.50. The number of anilines is 1. The predicted molar refractivity (Wildman–Crippen MR) is 99.3 cm³/mol. The molecule has 0 aliphatic heterocycles. The predicted octanol–water partition coefficient (Wildman–Crippen LogP) is 4.12. The molecule has 24 heavy (non-hydrogen) atoms. The standard InChI is InChI=1S/C19H19N3OS/c1-22(2)13-14-7-6-10-16(11-14)21-18(23)17-12-20-19(24-17)15-8-4-3-5-9-15/h3-12H,13H2,1-2H3,(H,21,23). The molecule has 0 aliphatic carbocycles. The van der Waals surface area contributed by atoms with Gasteiger partial charge < -0.3 is 10.2 Å². The van der Waals surface area contributed by atoms with Gasteiger partial charge in [0.2, 0.25) is 0 Å². The van der Waals surface area contributed by atoms with Crippen molar-refractivity contribution >= 4 is 22.9 Å². The molecule has 0 fully saturated rings. The third kappa shape index (κ3) is 4.07. The van der Waals surface area contributed by atoms with Gasteiger partial charge >= 0.3 is 0 Å². The van der Waals surface area contributed by atoms with Crippen molar-refractivity contribution < 1.29 is 4.79 Å². The summed E-state index contributed by atoms with van der Waals surface area (Å²) >= 11 is 1.40. The van der Waals surface area contributed by atoms with Crippen LogP contribution < -0.4 is 5.32 Å². The van der Waals surface area contributed by atoms with Gasteiger partial charge in [-0.3, -0.25) is 4.79 Å². The van der Waals surface area contributed by atoms with Gasteiger partial charge in [0.1, 0.15) is 9.88 Å². The van der Waals surface area contributed by atoms with E-state index in [0.717, 1.165) is 28.4 Å². The molecule has 0 unspecified atom stereocenters. The topological polar surface area (TPSA) is 45.2 Å². The second-order valence-electron chi connectivity index (χ2n) is 5.79. The molecule has 2 aromatic carbocycles. The number of nitrogens with one attached hydrogen (secondary N) is 1. The largest absolute Gasteiger partial charge is 0.321 e. The third-order valence-electron chi connectivity index (χ3n) is 3.43. The molecule has 1 amide bonds. The third-order valence-corrected chi connectivity index (χ3v) is 4.48. The summed E-state index contributed by atoms with van der Waals surface area (Å²) in [7, 11) is 4.04. The summed E-state index contributed by atoms with van der Waals surface area (Å²) in [5, 5.41) is 3.80. The molecule has 0 saturated heterocycles. The number of carbonyl (C=O) groups excluding carboxylic acids is 1. The lowest BCUT2D eigenvalue weighted by molar-refractivity contribution is 0.103. The van der Waals surface area contributed by atoms with Gasteiger partial charge in [-0.2, -0.15) is 0 Å². The molecule has 1 heterocycles. The van der Waals surface area contributed by atoms with Crippen LogP contribution in [0.3, 0.4) is 0 Å². The van der Waals surface area contributed by atoms with E-state index in [1.54, 1.807) is 6.20 Å². The van der Waals surface area contributed by atoms with Crippen molar-refractivity contribution in [2.75, 3.05) is 19.4 Å². The van der Waals surface area contributed by atoms with Gasteiger partial charge in [0.15, 0.2) is 0 Å². The van der Waals surface area contributed by atoms with E-state index in [4.69, 9.17) is 0 Å². The van der Waals surface area contributed by atoms with Crippen molar-refractivity contribution in [2.45, 2.75) is 6.54 Å². The van der Waals surface area contributed by atoms with Gasteiger partial charge in [-0.15, -0.1) is 11.3 Å². The number of thiazole rings is 1. The molecule has 0 saturated carbocycles. The van der Waals surface area contributed by atoms with Crippen molar-refractivity contribution in [1.82, 2.24) is 9.88 Å². The van der Waals surface area contributed by atoms with Gasteiger partial charge in [0.25, 0.3) is 5.91 Å². The van der Waals surface area contributed by atoms with E-state index in [9.17, 15) is 4.79 Å². The minimum absolute atomic E-state index is 0.128. The molecule has 0 atom stereocenters. The molecule has 3 aromatic rings. The van der Waals surface area contributed by atoms with Crippen LogP contribution in [0.4, 0.5) is 5.69 Å². The first-order chi connectivity index (χ1) is 11.6. The Morgan fingerprint density at radius 3 is 2.67 bits per heavy atom. The number of aromatic nitrogens is 1. The average Bonchev–Trinajstić information content (AvgIpc) is 3.05. The van der Waals surface area contributed by atoms with Gasteiger partial charge in [0, 0.05) is 17.8 Å². The summed E-state index contributed by atoms with van der Waals surface area (Å²) in [5.74, 6) is -0.128. The Labute approximate surface area is 145 Å². The fourth-order valence-corrected chi connectivity index (χ4v) is 3.22. The summed E-state index contributed by atoms with van der Waals surface area (Å²) in [6.45, 7) is 0.836. The highest BCUT2D eigenvalue weighted by molar-refractivity contribution is 7.17. The number of hydrogen-bond donors (Lipinski definition) is 1. The molecule has 0 spiro atoms. The van der Waals surface area contributed by atoms with Crippen LogP contribution in [0.5, 0.6) is 0 Å². The summed E-state index contributed by atoms with van der Waals surface area (Å²) in [5.41, 5.74) is 2.98. The molecule has 5 heteroatoms. The quantitative estimate of drug-likeness (QED) is 0.761. The molecule has 1 aromatic heterocycles. The van der Waals surface area contributed by atoms with Crippen LogP contribution in [0.1, 0.15) is 15.2 Å². The Kier molecular flexibility index (Phi) is 5.03. The molecule has 122 valence electrons. The lowest BCUT2D eigenvalue weighted by atomic mass is 10.2. The molecular formula is C19H19N3OS. The highest BCUT2D eigenvalue weighted by atomic mass is 32.1. The normalized spacial score (nSPS) is 10.8. The Balaban J connectivity index is 1.73. The summed E-state index contributed by atoms with van der Waals surface area (Å²) in [6, 6.07) is 17.8. The zero-order chi connectivity index (χ0) is 16.9. The number of benzene rings is 2. The number of carbonyl (C=O) groups is 1. The zero-order valence-corrected chi connectivity index (χ0v) is 14.5. The molecule has 4 nitrogen and oxygen atoms in total. The van der Waals surface area contributed by atoms with E-state index in [2.05, 4.69) is 21.3 Å². The van der Waals surface area contributed by atoms with Gasteiger partial charge in [0.05, 0.1) is 6.20 Å². The Bertz CT molecular complexity index is 827. The molecule has 1 N–H and O–H groups in total. The van der Waals surface area contributed by atoms with Crippen LogP contribution in [0.15, 0.2) is 60.8 Å². The molecule has 0 bridgehead atoms. The van der Waals surface area contributed by atoms with E-state index >= 15 is 0 Å². The second kappa shape index (κ2) is 7.38. The fraction of sp³-hybridized carbons (Fsp3) is 0.158. The van der Waals surface area contributed by atoms with Crippen molar-refractivity contribution in [1.29, 1.82) is 0 Å². The lowest BCUT2D eigenvalue weighted by Crippen LogP contribution is -2.12. The number of hydrogen-bond acceptors (Lipinski definition) is 4. The van der Waals surface area contributed by atoms with Crippen LogP contribution in [0, 0.1) is 0 Å². The van der Waals surface area contributed by atoms with Crippen LogP contribution in [0.25, 0.3) is 10.6 Å². The fourth-order valence-electron chi connectivity index (χ4n) is 2.40. The van der Waals surface area contributed by atoms with E-state index in [-0.39, 0.29) is 5.91 Å². The van der Waals surface area contributed by atoms with Gasteiger partial charge in [-0.05, 0) is 31.8 Å². The Morgan fingerprint density at radius 1 is 1.12 bits per heavy atom. The van der Waals surface area contributed by atoms with Crippen LogP contribution in [0.2, 0.25) is 0 Å². The summed E-state index contributed by atoms with van der Waals surface area (Å²) < 4.78 is 0. The Morgan fingerprint density at radius 2 is 1.92 bits per heavy atom. The molecule has 0 aliphatic rings. The van der Waals surface area contributed by atoms with Crippen LogP contribution in [-0.4, -0.2) is 29.9 Å². The van der Waals surface area contributed by atoms with Crippen molar-refractivity contribution in [3.63, 3.8) is 0 Å². The zero-order valence-electron chi connectivity index (χ0n) is 13.7. The first kappa shape index (κ1) is 16.4. The maximum Gasteiger partial charge on any atom is 0.267 e. The number of nitrogens with zero attached hydrogens (tertiary/aromatic N) is 2. The number of amides is 1. The molecule has 0 radical (unpaired) electrons. The van der Waals surface area contributed by atoms with Crippen molar-refractivity contribution in [2.24, 2.45) is 0 Å². The first-order valence-electron chi connectivity index (χ1n) is 7.68. The first-order valence-corrected chi connectivity index (χ1v) is 8.50. The van der Waals surface area contributed by atoms with E-state index in [1.807, 2.05) is 62.6 Å². The lowest BCUT2D eigenvalue weighted by Gasteiger charge is -2.11. The molecular weight excluding hydrogens is 318 g/mol. The maximum absolute atomic E-state index is 12.4. The SMILES string of the molecule is CN(C)Cc1cccc(NC(=O)c2cnc(-c3ccccc3)s2)c1. The highest BCUT2D eigenvalue weighted by Crippen LogP contribution is 2.25. The van der Waals surface area contributed by atoms with Crippen molar-refractivity contribution in [3.05, 3.63) is 71.2 Å². The van der Waals surface area contributed by atoms with Crippen LogP contribution >= 0.6 is 11.3 Å². The second-order valence-corrected chi connectivity index (χ2v) is 6.82. The average molecular weight is 337 g/mol. The monoisotopic (exact) mass is 337 g/mol. The minimum Gasteiger partial charge on any atom is -0.321 e. The highest BCUT2D eigenvalue weighted by Gasteiger charge is 2.12. The van der Waals surface area contributed by atoms with Gasteiger partial charge in [-0.1, -0.05) is 42.5 Å². The van der Waals surface area contributed by atoms with Crippen molar-refractivity contribution in [3.8, 4) is 10.6 Å². The number of rotatable bonds is 5. The smallest absolute Gasteiger partial charge is 0.267 e. The van der Waals surface area contributed by atoms with E-state index in [0.29, 0.717) is 4.88 Å². The van der Waals surface area contributed by atoms with E-state index < -0.39 is 0 Å². The van der Waals surface area contributed by atoms with Gasteiger partial charge in [-0.25, -0.2) is 4.98 Å². The van der Waals surface area contributed by atoms with E-state index in [1.165, 1.54) is 11.3 Å². The summed E-state index contributed by atoms with van der Waals surface area (Å²) in [4.78, 5) is 19.5. The molecule has 3 rings (SSSR count). The maximum atomic E-state index is 12.4. The van der Waals surface area contributed by atoms with Crippen LogP contribution in [-0.2, 0) is 6.54 Å². The summed E-state index contributed by atoms with van der Waals surface area (Å²) in [6.07, 6.45) is 1.63. The minimum atomic E-state index is -0.128.